The van der Waals surface area contributed by atoms with Crippen LogP contribution in [-0.2, 0) is 0 Å². The lowest BCUT2D eigenvalue weighted by Gasteiger charge is -2.50. The zero-order chi connectivity index (χ0) is 17.7. The van der Waals surface area contributed by atoms with Gasteiger partial charge in [0, 0.05) is 10.0 Å². The minimum atomic E-state index is -0.275. The predicted octanol–water partition coefficient (Wildman–Crippen LogP) is 2.75. The number of quaternary nitrogens is 1. The molecule has 3 aliphatic heterocycles. The lowest BCUT2D eigenvalue weighted by atomic mass is 9.93. The molecule has 0 aliphatic carbocycles. The molecule has 5 rings (SSSR count). The molecule has 0 aromatic heterocycles. The van der Waals surface area contributed by atoms with Crippen molar-refractivity contribution in [2.24, 2.45) is 0 Å². The highest BCUT2D eigenvalue weighted by atomic mass is 79.9. The number of hydrogen-bond donors (Lipinski definition) is 2. The third-order valence-electron chi connectivity index (χ3n) is 5.84. The van der Waals surface area contributed by atoms with Gasteiger partial charge in [-0.3, -0.25) is 0 Å². The number of likely N-dealkylation sites (tertiary alicyclic amines) is 1. The lowest BCUT2D eigenvalue weighted by molar-refractivity contribution is -0.888. The number of para-hydroxylation sites is 1. The van der Waals surface area contributed by atoms with Crippen LogP contribution < -0.4 is 15.1 Å². The molecule has 134 valence electrons. The van der Waals surface area contributed by atoms with Gasteiger partial charge in [-0.25, -0.2) is 0 Å². The Bertz CT molecular complexity index is 873. The van der Waals surface area contributed by atoms with E-state index in [0.717, 1.165) is 41.9 Å². The largest absolute Gasteiger partial charge is 0.470 e. The maximum absolute atomic E-state index is 6.64. The molecule has 0 bridgehead atoms. The molecule has 26 heavy (non-hydrogen) atoms. The SMILES string of the molecule is C[NH+]1CCC2(CC1)Oc1ccccc1[C@@H]1C=C(c3cccc(Br)c3)NN12. The van der Waals surface area contributed by atoms with E-state index in [0.29, 0.717) is 0 Å². The average molecular weight is 413 g/mol. The number of piperidine rings is 1. The van der Waals surface area contributed by atoms with Gasteiger partial charge in [0.15, 0.2) is 5.72 Å². The van der Waals surface area contributed by atoms with E-state index in [9.17, 15) is 0 Å². The molecular weight excluding hydrogens is 390 g/mol. The summed E-state index contributed by atoms with van der Waals surface area (Å²) in [6.45, 7) is 2.25. The molecular formula is C21H23BrN3O+. The Morgan fingerprint density at radius 3 is 2.77 bits per heavy atom. The van der Waals surface area contributed by atoms with Gasteiger partial charge in [0.25, 0.3) is 0 Å². The number of benzene rings is 2. The van der Waals surface area contributed by atoms with Gasteiger partial charge in [0.05, 0.1) is 44.7 Å². The van der Waals surface area contributed by atoms with Crippen LogP contribution in [0.3, 0.4) is 0 Å². The maximum atomic E-state index is 6.64. The second-order valence-corrected chi connectivity index (χ2v) is 8.48. The van der Waals surface area contributed by atoms with Crippen molar-refractivity contribution in [2.45, 2.75) is 24.6 Å². The molecule has 2 aromatic rings. The van der Waals surface area contributed by atoms with E-state index in [1.807, 2.05) is 0 Å². The molecule has 1 atom stereocenters. The fourth-order valence-corrected chi connectivity index (χ4v) is 4.75. The molecule has 1 fully saturated rings. The van der Waals surface area contributed by atoms with Crippen LogP contribution >= 0.6 is 15.9 Å². The number of fused-ring (bicyclic) bond motifs is 4. The summed E-state index contributed by atoms with van der Waals surface area (Å²) in [6.07, 6.45) is 4.39. The van der Waals surface area contributed by atoms with Crippen molar-refractivity contribution in [3.8, 4) is 5.75 Å². The number of ether oxygens (including phenoxy) is 1. The average Bonchev–Trinajstić information content (AvgIpc) is 3.11. The highest BCUT2D eigenvalue weighted by Crippen LogP contribution is 2.47. The van der Waals surface area contributed by atoms with E-state index in [2.05, 4.69) is 88.0 Å². The summed E-state index contributed by atoms with van der Waals surface area (Å²) in [7, 11) is 2.27. The molecule has 0 radical (unpaired) electrons. The van der Waals surface area contributed by atoms with Crippen LogP contribution in [0.25, 0.3) is 5.70 Å². The van der Waals surface area contributed by atoms with Gasteiger partial charge in [-0.15, -0.1) is 0 Å². The van der Waals surface area contributed by atoms with E-state index in [-0.39, 0.29) is 11.8 Å². The second kappa shape index (κ2) is 6.12. The van der Waals surface area contributed by atoms with Crippen molar-refractivity contribution >= 4 is 21.6 Å². The third-order valence-corrected chi connectivity index (χ3v) is 6.33. The van der Waals surface area contributed by atoms with Gasteiger partial charge < -0.3 is 15.1 Å². The number of nitrogens with one attached hydrogen (secondary N) is 2. The Kier molecular flexibility index (Phi) is 3.85. The number of halogens is 1. The van der Waals surface area contributed by atoms with E-state index in [1.165, 1.54) is 11.1 Å². The molecule has 1 saturated heterocycles. The maximum Gasteiger partial charge on any atom is 0.191 e. The molecule has 0 saturated carbocycles. The minimum Gasteiger partial charge on any atom is -0.470 e. The van der Waals surface area contributed by atoms with Gasteiger partial charge >= 0.3 is 0 Å². The molecule has 0 amide bonds. The zero-order valence-corrected chi connectivity index (χ0v) is 16.4. The van der Waals surface area contributed by atoms with Crippen molar-refractivity contribution in [3.63, 3.8) is 0 Å². The highest BCUT2D eigenvalue weighted by molar-refractivity contribution is 9.10. The van der Waals surface area contributed by atoms with Crippen LogP contribution in [0.15, 0.2) is 59.1 Å². The minimum absolute atomic E-state index is 0.201. The fraction of sp³-hybridized carbons (Fsp3) is 0.333. The van der Waals surface area contributed by atoms with Crippen LogP contribution in [0, 0.1) is 0 Å². The number of nitrogens with zero attached hydrogens (tertiary/aromatic N) is 1. The van der Waals surface area contributed by atoms with Gasteiger partial charge in [0.2, 0.25) is 0 Å². The van der Waals surface area contributed by atoms with Crippen molar-refractivity contribution in [1.29, 1.82) is 0 Å². The molecule has 1 spiro atoms. The number of rotatable bonds is 1. The fourth-order valence-electron chi connectivity index (χ4n) is 4.35. The van der Waals surface area contributed by atoms with Crippen LogP contribution in [0.1, 0.15) is 30.0 Å². The van der Waals surface area contributed by atoms with Gasteiger partial charge in [-0.2, -0.15) is 5.01 Å². The van der Waals surface area contributed by atoms with Gasteiger partial charge in [-0.1, -0.05) is 46.3 Å². The predicted molar refractivity (Wildman–Crippen MR) is 105 cm³/mol. The van der Waals surface area contributed by atoms with Crippen molar-refractivity contribution in [2.75, 3.05) is 20.1 Å². The smallest absolute Gasteiger partial charge is 0.191 e. The summed E-state index contributed by atoms with van der Waals surface area (Å²) in [5.74, 6) is 1.03. The zero-order valence-electron chi connectivity index (χ0n) is 14.8. The van der Waals surface area contributed by atoms with Crippen molar-refractivity contribution in [3.05, 3.63) is 70.2 Å². The number of hydrazine groups is 1. The summed E-state index contributed by atoms with van der Waals surface area (Å²) >= 11 is 3.59. The molecule has 0 unspecified atom stereocenters. The first kappa shape index (κ1) is 16.4. The normalized spacial score (nSPS) is 30.2. The van der Waals surface area contributed by atoms with E-state index < -0.39 is 0 Å². The van der Waals surface area contributed by atoms with Crippen LogP contribution in [-0.4, -0.2) is 30.9 Å². The van der Waals surface area contributed by atoms with Crippen molar-refractivity contribution < 1.29 is 9.64 Å². The topological polar surface area (TPSA) is 28.9 Å². The van der Waals surface area contributed by atoms with Gasteiger partial charge in [-0.05, 0) is 29.8 Å². The first-order valence-electron chi connectivity index (χ1n) is 9.28. The first-order chi connectivity index (χ1) is 12.6. The van der Waals surface area contributed by atoms with Crippen molar-refractivity contribution in [1.82, 2.24) is 10.4 Å². The van der Waals surface area contributed by atoms with Crippen LogP contribution in [0.4, 0.5) is 0 Å². The summed E-state index contributed by atoms with van der Waals surface area (Å²) in [6, 6.07) is 17.1. The standard InChI is InChI=1S/C21H22BrN3O/c1-24-11-9-21(10-12-24)25-19(17-7-2-3-8-20(17)26-21)14-18(23-25)15-5-4-6-16(22)13-15/h2-8,13-14,19,23H,9-12H2,1H3/p+1/t19-/m0/s1. The van der Waals surface area contributed by atoms with E-state index >= 15 is 0 Å². The molecule has 5 heteroatoms. The highest BCUT2D eigenvalue weighted by Gasteiger charge is 2.52. The summed E-state index contributed by atoms with van der Waals surface area (Å²) in [4.78, 5) is 1.58. The monoisotopic (exact) mass is 412 g/mol. The molecule has 3 heterocycles. The third kappa shape index (κ3) is 2.57. The Morgan fingerprint density at radius 2 is 1.96 bits per heavy atom. The summed E-state index contributed by atoms with van der Waals surface area (Å²) < 4.78 is 7.73. The molecule has 3 aliphatic rings. The number of hydrogen-bond acceptors (Lipinski definition) is 3. The Balaban J connectivity index is 1.58. The molecule has 4 nitrogen and oxygen atoms in total. The quantitative estimate of drug-likeness (QED) is 0.754. The summed E-state index contributed by atoms with van der Waals surface area (Å²) in [5.41, 5.74) is 7.00. The van der Waals surface area contributed by atoms with Crippen LogP contribution in [0.2, 0.25) is 0 Å². The Labute approximate surface area is 162 Å². The lowest BCUT2D eigenvalue weighted by Crippen LogP contribution is -3.11. The van der Waals surface area contributed by atoms with Crippen LogP contribution in [0.5, 0.6) is 5.75 Å². The molecule has 2 aromatic carbocycles. The van der Waals surface area contributed by atoms with E-state index in [1.54, 1.807) is 4.90 Å². The van der Waals surface area contributed by atoms with Gasteiger partial charge in [0.1, 0.15) is 5.75 Å². The Morgan fingerprint density at radius 1 is 1.15 bits per heavy atom. The van der Waals surface area contributed by atoms with E-state index in [4.69, 9.17) is 4.74 Å². The summed E-state index contributed by atoms with van der Waals surface area (Å²) in [5, 5.41) is 2.36. The second-order valence-electron chi connectivity index (χ2n) is 7.56. The molecule has 2 N–H and O–H groups in total. The Hall–Kier alpha value is -1.82. The first-order valence-corrected chi connectivity index (χ1v) is 10.1.